The smallest absolute Gasteiger partial charge is 0.357 e. The van der Waals surface area contributed by atoms with Gasteiger partial charge in [0.1, 0.15) is 0 Å². The number of nitrogens with zero attached hydrogens (tertiary/aromatic N) is 2. The van der Waals surface area contributed by atoms with Crippen molar-refractivity contribution in [3.05, 3.63) is 70.8 Å². The Bertz CT molecular complexity index is 1050. The number of carbonyl (C=O) groups excluding carboxylic acids is 3. The van der Waals surface area contributed by atoms with Crippen LogP contribution in [0.4, 0.5) is 0 Å². The molecule has 152 valence electrons. The lowest BCUT2D eigenvalue weighted by molar-refractivity contribution is -0.150. The Hall–Kier alpha value is -3.61. The maximum Gasteiger partial charge on any atom is 0.357 e. The van der Waals surface area contributed by atoms with Crippen LogP contribution in [-0.4, -0.2) is 42.4 Å². The number of ketones is 1. The van der Waals surface area contributed by atoms with Crippen LogP contribution in [0.3, 0.4) is 0 Å². The molecular formula is C23H21N3O4. The number of rotatable bonds is 6. The highest BCUT2D eigenvalue weighted by Gasteiger charge is 2.54. The van der Waals surface area contributed by atoms with Gasteiger partial charge in [0.15, 0.2) is 5.78 Å². The van der Waals surface area contributed by atoms with Gasteiger partial charge in [-0.1, -0.05) is 36.4 Å². The third-order valence-corrected chi connectivity index (χ3v) is 5.34. The zero-order valence-electron chi connectivity index (χ0n) is 16.5. The van der Waals surface area contributed by atoms with E-state index in [1.807, 2.05) is 30.3 Å². The van der Waals surface area contributed by atoms with E-state index in [1.165, 1.54) is 12.4 Å². The topological polar surface area (TPSA) is 97.2 Å². The second-order valence-electron chi connectivity index (χ2n) is 7.16. The van der Waals surface area contributed by atoms with E-state index in [4.69, 9.17) is 4.74 Å². The minimum atomic E-state index is -1.58. The molecule has 1 atom stereocenters. The number of fused-ring (bicyclic) bond motifs is 1. The lowest BCUT2D eigenvalue weighted by Gasteiger charge is -2.25. The van der Waals surface area contributed by atoms with Gasteiger partial charge in [0, 0.05) is 30.1 Å². The standard InChI is InChI=1S/C23H21N3O4/c1-2-30-22(29)23(25-10-11-26-23)19-13-17-12-16(8-9-18(17)20(19)27)21(28)24-14-15-6-4-3-5-7-15/h3-12,19H,2,13-14H2,1H3,(H,24,28). The third kappa shape index (κ3) is 3.43. The molecular weight excluding hydrogens is 382 g/mol. The maximum atomic E-state index is 13.0. The van der Waals surface area contributed by atoms with Crippen LogP contribution in [-0.2, 0) is 22.5 Å². The van der Waals surface area contributed by atoms with E-state index >= 15 is 0 Å². The minimum Gasteiger partial charge on any atom is -0.463 e. The highest BCUT2D eigenvalue weighted by Crippen LogP contribution is 2.39. The van der Waals surface area contributed by atoms with Gasteiger partial charge in [0.2, 0.25) is 0 Å². The quantitative estimate of drug-likeness (QED) is 0.749. The summed E-state index contributed by atoms with van der Waals surface area (Å²) in [6, 6.07) is 14.6. The Morgan fingerprint density at radius 2 is 1.87 bits per heavy atom. The average molecular weight is 403 g/mol. The van der Waals surface area contributed by atoms with Gasteiger partial charge in [-0.25, -0.2) is 14.8 Å². The summed E-state index contributed by atoms with van der Waals surface area (Å²) in [5.74, 6) is -1.87. The summed E-state index contributed by atoms with van der Waals surface area (Å²) < 4.78 is 5.14. The van der Waals surface area contributed by atoms with Gasteiger partial charge in [-0.2, -0.15) is 0 Å². The SMILES string of the molecule is CCOC(=O)C1(C2Cc3cc(C(=O)NCc4ccccc4)ccc3C2=O)N=CC=N1. The van der Waals surface area contributed by atoms with Crippen LogP contribution >= 0.6 is 0 Å². The van der Waals surface area contributed by atoms with E-state index in [9.17, 15) is 14.4 Å². The molecule has 2 aromatic rings. The molecule has 7 heteroatoms. The fraction of sp³-hybridized carbons (Fsp3) is 0.261. The predicted molar refractivity (Wildman–Crippen MR) is 112 cm³/mol. The number of aliphatic imine (C=N–C) groups is 2. The largest absolute Gasteiger partial charge is 0.463 e. The molecule has 7 nitrogen and oxygen atoms in total. The van der Waals surface area contributed by atoms with Gasteiger partial charge >= 0.3 is 5.97 Å². The fourth-order valence-corrected chi connectivity index (χ4v) is 3.84. The van der Waals surface area contributed by atoms with Crippen molar-refractivity contribution in [3.8, 4) is 0 Å². The number of carbonyl (C=O) groups is 3. The van der Waals surface area contributed by atoms with Gasteiger partial charge in [0.05, 0.1) is 12.5 Å². The van der Waals surface area contributed by atoms with Crippen LogP contribution in [0.5, 0.6) is 0 Å². The normalized spacial score (nSPS) is 18.3. The van der Waals surface area contributed by atoms with Crippen molar-refractivity contribution in [1.82, 2.24) is 5.32 Å². The van der Waals surface area contributed by atoms with E-state index in [0.29, 0.717) is 23.2 Å². The molecule has 30 heavy (non-hydrogen) atoms. The van der Waals surface area contributed by atoms with E-state index in [0.717, 1.165) is 5.56 Å². The molecule has 0 saturated carbocycles. The van der Waals surface area contributed by atoms with Gasteiger partial charge in [-0.15, -0.1) is 0 Å². The summed E-state index contributed by atoms with van der Waals surface area (Å²) in [7, 11) is 0. The number of Topliss-reactive ketones (excluding diaryl/α,β-unsaturated/α-hetero) is 1. The summed E-state index contributed by atoms with van der Waals surface area (Å²) >= 11 is 0. The molecule has 0 radical (unpaired) electrons. The number of ether oxygens (including phenoxy) is 1. The van der Waals surface area contributed by atoms with Crippen LogP contribution in [0, 0.1) is 5.92 Å². The van der Waals surface area contributed by atoms with Crippen molar-refractivity contribution in [2.24, 2.45) is 15.9 Å². The molecule has 1 amide bonds. The van der Waals surface area contributed by atoms with Crippen molar-refractivity contribution in [1.29, 1.82) is 0 Å². The summed E-state index contributed by atoms with van der Waals surface area (Å²) in [6.07, 6.45) is 3.09. The van der Waals surface area contributed by atoms with E-state index in [2.05, 4.69) is 15.3 Å². The van der Waals surface area contributed by atoms with Gasteiger partial charge in [-0.05, 0) is 36.6 Å². The molecule has 4 rings (SSSR count). The van der Waals surface area contributed by atoms with Crippen LogP contribution in [0.25, 0.3) is 0 Å². The molecule has 2 aromatic carbocycles. The van der Waals surface area contributed by atoms with Crippen LogP contribution < -0.4 is 5.32 Å². The predicted octanol–water partition coefficient (Wildman–Crippen LogP) is 2.39. The Balaban J connectivity index is 1.54. The first-order valence-electron chi connectivity index (χ1n) is 9.80. The van der Waals surface area contributed by atoms with Crippen molar-refractivity contribution in [3.63, 3.8) is 0 Å². The molecule has 1 N–H and O–H groups in total. The van der Waals surface area contributed by atoms with Crippen molar-refractivity contribution < 1.29 is 19.1 Å². The first-order valence-corrected chi connectivity index (χ1v) is 9.80. The molecule has 0 bridgehead atoms. The first-order chi connectivity index (χ1) is 14.5. The fourth-order valence-electron chi connectivity index (χ4n) is 3.84. The Labute approximate surface area is 173 Å². The Morgan fingerprint density at radius 1 is 1.13 bits per heavy atom. The second kappa shape index (κ2) is 8.02. The van der Waals surface area contributed by atoms with Crippen LogP contribution in [0.2, 0.25) is 0 Å². The summed E-state index contributed by atoms with van der Waals surface area (Å²) in [5.41, 5.74) is 1.07. The number of benzene rings is 2. The summed E-state index contributed by atoms with van der Waals surface area (Å²) in [5, 5.41) is 2.88. The van der Waals surface area contributed by atoms with E-state index in [-0.39, 0.29) is 24.7 Å². The molecule has 1 unspecified atom stereocenters. The highest BCUT2D eigenvalue weighted by molar-refractivity contribution is 6.20. The minimum absolute atomic E-state index is 0.172. The molecule has 1 heterocycles. The highest BCUT2D eigenvalue weighted by atomic mass is 16.5. The maximum absolute atomic E-state index is 13.0. The van der Waals surface area contributed by atoms with Gasteiger partial charge < -0.3 is 10.1 Å². The molecule has 0 fully saturated rings. The first kappa shape index (κ1) is 19.7. The molecule has 0 spiro atoms. The Kier molecular flexibility index (Phi) is 5.27. The monoisotopic (exact) mass is 403 g/mol. The van der Waals surface area contributed by atoms with Crippen molar-refractivity contribution in [2.45, 2.75) is 25.6 Å². The average Bonchev–Trinajstić information content (AvgIpc) is 3.38. The number of hydrogen-bond donors (Lipinski definition) is 1. The van der Waals surface area contributed by atoms with Crippen LogP contribution in [0.15, 0.2) is 58.5 Å². The number of esters is 1. The number of hydrogen-bond acceptors (Lipinski definition) is 6. The van der Waals surface area contributed by atoms with Gasteiger partial charge in [0.25, 0.3) is 11.6 Å². The van der Waals surface area contributed by atoms with E-state index in [1.54, 1.807) is 25.1 Å². The molecule has 1 aliphatic carbocycles. The summed E-state index contributed by atoms with van der Waals surface area (Å²) in [4.78, 5) is 46.6. The molecule has 2 aliphatic rings. The zero-order chi connectivity index (χ0) is 21.1. The van der Waals surface area contributed by atoms with Crippen LogP contribution in [0.1, 0.15) is 38.8 Å². The summed E-state index contributed by atoms with van der Waals surface area (Å²) in [6.45, 7) is 2.28. The van der Waals surface area contributed by atoms with Crippen molar-refractivity contribution in [2.75, 3.05) is 6.61 Å². The molecule has 1 aliphatic heterocycles. The van der Waals surface area contributed by atoms with Crippen molar-refractivity contribution >= 4 is 30.1 Å². The third-order valence-electron chi connectivity index (χ3n) is 5.34. The Morgan fingerprint density at radius 3 is 2.57 bits per heavy atom. The van der Waals surface area contributed by atoms with E-state index < -0.39 is 17.6 Å². The number of nitrogens with one attached hydrogen (secondary N) is 1. The van der Waals surface area contributed by atoms with Gasteiger partial charge in [-0.3, -0.25) is 9.59 Å². The number of amides is 1. The molecule has 0 aromatic heterocycles. The second-order valence-corrected chi connectivity index (χ2v) is 7.16. The zero-order valence-corrected chi connectivity index (χ0v) is 16.5. The molecule has 0 saturated heterocycles. The lowest BCUT2D eigenvalue weighted by Crippen LogP contribution is -2.45. The lowest BCUT2D eigenvalue weighted by atomic mass is 9.89.